The normalized spacial score (nSPS) is 15.7. The van der Waals surface area contributed by atoms with Crippen LogP contribution in [0, 0.1) is 5.41 Å². The molecule has 0 saturated carbocycles. The van der Waals surface area contributed by atoms with Gasteiger partial charge in [-0.2, -0.15) is 13.2 Å². The number of rotatable bonds is 6. The van der Waals surface area contributed by atoms with Gasteiger partial charge in [-0.15, -0.1) is 0 Å². The van der Waals surface area contributed by atoms with Gasteiger partial charge in [0.2, 0.25) is 0 Å². The van der Waals surface area contributed by atoms with Crippen LogP contribution in [0.4, 0.5) is 18.9 Å². The predicted octanol–water partition coefficient (Wildman–Crippen LogP) is 5.60. The molecule has 1 N–H and O–H groups in total. The fourth-order valence-corrected chi connectivity index (χ4v) is 3.91. The number of hydrogen-bond acceptors (Lipinski definition) is 4. The molecule has 2 aromatic carbocycles. The molecule has 176 valence electrons. The van der Waals surface area contributed by atoms with E-state index in [1.54, 1.807) is 53.4 Å². The van der Waals surface area contributed by atoms with E-state index in [1.807, 2.05) is 14.1 Å². The molecule has 1 amide bonds. The van der Waals surface area contributed by atoms with Crippen molar-refractivity contribution in [2.75, 3.05) is 27.2 Å². The van der Waals surface area contributed by atoms with Gasteiger partial charge < -0.3 is 15.2 Å². The zero-order valence-corrected chi connectivity index (χ0v) is 19.2. The molecular formula is C24H26ClF3N4O. The second kappa shape index (κ2) is 10.5. The highest BCUT2D eigenvalue weighted by Gasteiger charge is 2.35. The van der Waals surface area contributed by atoms with E-state index in [0.717, 1.165) is 12.8 Å². The zero-order valence-electron chi connectivity index (χ0n) is 18.5. The summed E-state index contributed by atoms with van der Waals surface area (Å²) in [6, 6.07) is 13.3. The maximum atomic E-state index is 13.0. The molecular weight excluding hydrogens is 453 g/mol. The van der Waals surface area contributed by atoms with Crippen molar-refractivity contribution in [3.63, 3.8) is 0 Å². The molecule has 0 bridgehead atoms. The van der Waals surface area contributed by atoms with Gasteiger partial charge >= 0.3 is 6.18 Å². The lowest BCUT2D eigenvalue weighted by molar-refractivity contribution is -0.0605. The molecule has 1 aliphatic rings. The number of carbonyl (C=O) groups excluding carboxylic acids is 1. The number of para-hydroxylation sites is 1. The van der Waals surface area contributed by atoms with Crippen molar-refractivity contribution in [2.24, 2.45) is 4.99 Å². The molecule has 1 fully saturated rings. The first-order valence-electron chi connectivity index (χ1n) is 10.6. The first-order valence-corrected chi connectivity index (χ1v) is 11.0. The van der Waals surface area contributed by atoms with Crippen LogP contribution in [0.15, 0.2) is 53.5 Å². The number of alkyl halides is 3. The predicted molar refractivity (Wildman–Crippen MR) is 125 cm³/mol. The number of nitrogens with zero attached hydrogens (tertiary/aromatic N) is 3. The summed E-state index contributed by atoms with van der Waals surface area (Å²) in [5.41, 5.74) is -0.182. The lowest BCUT2D eigenvalue weighted by atomic mass is 10.0. The van der Waals surface area contributed by atoms with Crippen LogP contribution in [0.2, 0.25) is 5.02 Å². The Morgan fingerprint density at radius 1 is 1.09 bits per heavy atom. The Balaban J connectivity index is 1.83. The summed E-state index contributed by atoms with van der Waals surface area (Å²) in [5, 5.41) is 7.72. The summed E-state index contributed by atoms with van der Waals surface area (Å²) in [6.07, 6.45) is -3.67. The largest absolute Gasteiger partial charge is 0.429 e. The van der Waals surface area contributed by atoms with Crippen LogP contribution in [-0.4, -0.2) is 66.5 Å². The highest BCUT2D eigenvalue weighted by molar-refractivity contribution is 6.33. The number of piperidine rings is 1. The van der Waals surface area contributed by atoms with Gasteiger partial charge in [-0.1, -0.05) is 35.9 Å². The molecule has 33 heavy (non-hydrogen) atoms. The Morgan fingerprint density at radius 2 is 1.67 bits per heavy atom. The molecule has 1 aliphatic heterocycles. The number of nitrogens with one attached hydrogen (secondary N) is 1. The number of hydrogen-bond donors (Lipinski definition) is 1. The quantitative estimate of drug-likeness (QED) is 0.549. The Hall–Kier alpha value is -2.71. The molecule has 0 atom stereocenters. The van der Waals surface area contributed by atoms with E-state index in [-0.39, 0.29) is 11.6 Å². The van der Waals surface area contributed by atoms with E-state index in [0.29, 0.717) is 41.0 Å². The van der Waals surface area contributed by atoms with Crippen molar-refractivity contribution in [3.05, 3.63) is 64.7 Å². The van der Waals surface area contributed by atoms with Gasteiger partial charge in [0, 0.05) is 31.1 Å². The van der Waals surface area contributed by atoms with Crippen LogP contribution in [0.25, 0.3) is 0 Å². The standard InChI is InChI=1S/C24H26ClF3N4O/c1-31(2)18-11-13-32(14-12-18)23(33)17-9-7-16(8-10-17)21(15-22(29)24(26,27)28)30-20-6-4-3-5-19(20)25/h3-10,18,29H,11-15H2,1-2H3. The van der Waals surface area contributed by atoms with Crippen LogP contribution in [0.3, 0.4) is 0 Å². The van der Waals surface area contributed by atoms with Gasteiger partial charge in [-0.05, 0) is 56.8 Å². The Bertz CT molecular complexity index is 1030. The average molecular weight is 479 g/mol. The SMILES string of the molecule is CN(C)C1CCN(C(=O)c2ccc(C(CC(=N)C(F)(F)F)=Nc3ccccc3Cl)cc2)CC1. The van der Waals surface area contributed by atoms with Crippen molar-refractivity contribution in [2.45, 2.75) is 31.5 Å². The van der Waals surface area contributed by atoms with Gasteiger partial charge in [0.25, 0.3) is 5.91 Å². The molecule has 0 unspecified atom stereocenters. The highest BCUT2D eigenvalue weighted by Crippen LogP contribution is 2.27. The molecule has 0 spiro atoms. The van der Waals surface area contributed by atoms with Crippen LogP contribution in [0.5, 0.6) is 0 Å². The summed E-state index contributed by atoms with van der Waals surface area (Å²) in [6.45, 7) is 1.32. The number of carbonyl (C=O) groups is 1. The molecule has 5 nitrogen and oxygen atoms in total. The van der Waals surface area contributed by atoms with Crippen molar-refractivity contribution >= 4 is 34.6 Å². The van der Waals surface area contributed by atoms with Gasteiger partial charge in [-0.25, -0.2) is 0 Å². The molecule has 0 radical (unpaired) electrons. The van der Waals surface area contributed by atoms with E-state index >= 15 is 0 Å². The third kappa shape index (κ3) is 6.42. The van der Waals surface area contributed by atoms with Crippen LogP contribution in [-0.2, 0) is 0 Å². The van der Waals surface area contributed by atoms with Crippen molar-refractivity contribution < 1.29 is 18.0 Å². The molecule has 2 aromatic rings. The highest BCUT2D eigenvalue weighted by atomic mass is 35.5. The Morgan fingerprint density at radius 3 is 2.21 bits per heavy atom. The first-order chi connectivity index (χ1) is 15.6. The summed E-state index contributed by atoms with van der Waals surface area (Å²) in [5.74, 6) is -0.105. The fraction of sp³-hybridized carbons (Fsp3) is 0.375. The minimum atomic E-state index is -4.75. The van der Waals surface area contributed by atoms with Gasteiger partial charge in [0.05, 0.1) is 16.4 Å². The van der Waals surface area contributed by atoms with E-state index < -0.39 is 18.3 Å². The first kappa shape index (κ1) is 24.9. The third-order valence-electron chi connectivity index (χ3n) is 5.74. The van der Waals surface area contributed by atoms with Crippen LogP contribution >= 0.6 is 11.6 Å². The van der Waals surface area contributed by atoms with Crippen LogP contribution < -0.4 is 0 Å². The summed E-state index contributed by atoms with van der Waals surface area (Å²) in [7, 11) is 4.06. The molecule has 3 rings (SSSR count). The van der Waals surface area contributed by atoms with Crippen molar-refractivity contribution in [1.29, 1.82) is 5.41 Å². The molecule has 1 saturated heterocycles. The molecule has 9 heteroatoms. The minimum absolute atomic E-state index is 0.0521. The van der Waals surface area contributed by atoms with E-state index in [2.05, 4.69) is 9.89 Å². The van der Waals surface area contributed by atoms with E-state index in [9.17, 15) is 18.0 Å². The smallest absolute Gasteiger partial charge is 0.339 e. The summed E-state index contributed by atoms with van der Waals surface area (Å²) >= 11 is 6.13. The summed E-state index contributed by atoms with van der Waals surface area (Å²) < 4.78 is 39.1. The van der Waals surface area contributed by atoms with Crippen molar-refractivity contribution in [3.8, 4) is 0 Å². The van der Waals surface area contributed by atoms with Gasteiger partial charge in [0.1, 0.15) is 5.71 Å². The zero-order chi connectivity index (χ0) is 24.2. The minimum Gasteiger partial charge on any atom is -0.339 e. The summed E-state index contributed by atoms with van der Waals surface area (Å²) in [4.78, 5) is 21.2. The number of halogens is 4. The lowest BCUT2D eigenvalue weighted by Crippen LogP contribution is -2.44. The lowest BCUT2D eigenvalue weighted by Gasteiger charge is -2.35. The number of likely N-dealkylation sites (tertiary alicyclic amines) is 1. The average Bonchev–Trinajstić information content (AvgIpc) is 2.79. The van der Waals surface area contributed by atoms with E-state index in [1.165, 1.54) is 0 Å². The number of aliphatic imine (C=N–C) groups is 1. The fourth-order valence-electron chi connectivity index (χ4n) is 3.73. The second-order valence-corrected chi connectivity index (χ2v) is 8.63. The van der Waals surface area contributed by atoms with Gasteiger partial charge in [0.15, 0.2) is 0 Å². The Kier molecular flexibility index (Phi) is 7.92. The number of amides is 1. The monoisotopic (exact) mass is 478 g/mol. The Labute approximate surface area is 196 Å². The van der Waals surface area contributed by atoms with E-state index in [4.69, 9.17) is 17.0 Å². The van der Waals surface area contributed by atoms with Gasteiger partial charge in [-0.3, -0.25) is 9.79 Å². The maximum Gasteiger partial charge on any atom is 0.429 e. The number of benzene rings is 2. The third-order valence-corrected chi connectivity index (χ3v) is 6.06. The second-order valence-electron chi connectivity index (χ2n) is 8.23. The van der Waals surface area contributed by atoms with Crippen LogP contribution in [0.1, 0.15) is 35.2 Å². The molecule has 0 aliphatic carbocycles. The topological polar surface area (TPSA) is 59.8 Å². The molecule has 0 aromatic heterocycles. The van der Waals surface area contributed by atoms with Crippen molar-refractivity contribution in [1.82, 2.24) is 9.80 Å². The molecule has 1 heterocycles. The maximum absolute atomic E-state index is 13.0.